The van der Waals surface area contributed by atoms with Gasteiger partial charge in [0.15, 0.2) is 0 Å². The molecule has 0 saturated carbocycles. The van der Waals surface area contributed by atoms with Gasteiger partial charge in [-0.3, -0.25) is 9.59 Å². The third kappa shape index (κ3) is 6.67. The van der Waals surface area contributed by atoms with Crippen LogP contribution in [0.15, 0.2) is 48.6 Å². The maximum Gasteiger partial charge on any atom is 0.311 e. The van der Waals surface area contributed by atoms with E-state index in [9.17, 15) is 14.7 Å². The van der Waals surface area contributed by atoms with E-state index in [1.54, 1.807) is 18.0 Å². The van der Waals surface area contributed by atoms with Crippen LogP contribution >= 0.6 is 11.6 Å². The first-order valence-electron chi connectivity index (χ1n) is 13.3. The molecule has 0 aromatic heterocycles. The van der Waals surface area contributed by atoms with E-state index in [-0.39, 0.29) is 18.2 Å². The molecule has 0 spiro atoms. The van der Waals surface area contributed by atoms with Gasteiger partial charge in [0.2, 0.25) is 5.91 Å². The van der Waals surface area contributed by atoms with Gasteiger partial charge in [-0.05, 0) is 66.6 Å². The zero-order valence-corrected chi connectivity index (χ0v) is 22.5. The fraction of sp³-hybridized carbons (Fsp3) is 0.467. The summed E-state index contributed by atoms with van der Waals surface area (Å²) in [5, 5.41) is 10.8. The Labute approximate surface area is 224 Å². The smallest absolute Gasteiger partial charge is 0.311 e. The summed E-state index contributed by atoms with van der Waals surface area (Å²) in [6.45, 7) is 4.81. The van der Waals surface area contributed by atoms with E-state index < -0.39 is 11.9 Å². The Kier molecular flexibility index (Phi) is 9.14. The largest absolute Gasteiger partial charge is 0.491 e. The molecule has 7 heteroatoms. The molecule has 2 heterocycles. The van der Waals surface area contributed by atoms with Crippen molar-refractivity contribution in [3.63, 3.8) is 0 Å². The van der Waals surface area contributed by atoms with Gasteiger partial charge in [-0.25, -0.2) is 0 Å². The molecule has 2 aliphatic rings. The molecule has 1 N–H and O–H groups in total. The number of aliphatic carboxylic acids is 1. The summed E-state index contributed by atoms with van der Waals surface area (Å²) in [4.78, 5) is 29.0. The molecule has 2 bridgehead atoms. The number of halogens is 1. The first-order valence-corrected chi connectivity index (χ1v) is 13.7. The van der Waals surface area contributed by atoms with Crippen LogP contribution in [0.5, 0.6) is 5.75 Å². The highest BCUT2D eigenvalue weighted by Gasteiger charge is 2.30. The van der Waals surface area contributed by atoms with Crippen LogP contribution in [0.3, 0.4) is 0 Å². The maximum absolute atomic E-state index is 12.8. The quantitative estimate of drug-likeness (QED) is 0.494. The molecular weight excluding hydrogens is 488 g/mol. The summed E-state index contributed by atoms with van der Waals surface area (Å²) in [5.74, 6) is -1.18. The maximum atomic E-state index is 12.8. The second-order valence-corrected chi connectivity index (χ2v) is 10.5. The van der Waals surface area contributed by atoms with Crippen LogP contribution in [0.1, 0.15) is 67.6 Å². The van der Waals surface area contributed by atoms with Gasteiger partial charge in [0.25, 0.3) is 0 Å². The van der Waals surface area contributed by atoms with Crippen molar-refractivity contribution in [2.24, 2.45) is 0 Å². The molecule has 37 heavy (non-hydrogen) atoms. The number of amides is 1. The molecule has 198 valence electrons. The number of aryl methyl sites for hydroxylation is 1. The number of ether oxygens (including phenoxy) is 1. The number of rotatable bonds is 4. The van der Waals surface area contributed by atoms with Crippen molar-refractivity contribution in [2.45, 2.75) is 57.3 Å². The van der Waals surface area contributed by atoms with Crippen LogP contribution in [0, 0.1) is 0 Å². The summed E-state index contributed by atoms with van der Waals surface area (Å²) in [6.07, 6.45) is 9.00. The number of fused-ring (bicyclic) bond motifs is 1. The van der Waals surface area contributed by atoms with Crippen LogP contribution in [0.25, 0.3) is 0 Å². The van der Waals surface area contributed by atoms with Crippen molar-refractivity contribution in [1.29, 1.82) is 0 Å². The lowest BCUT2D eigenvalue weighted by atomic mass is 9.91. The van der Waals surface area contributed by atoms with E-state index in [0.29, 0.717) is 18.7 Å². The Bertz CT molecular complexity index is 1150. The molecular formula is C30H37ClN2O4. The standard InChI is InChI=1S/C30H37ClN2O4/c1-3-9-21-16-24(31)11-12-25(21)23-19-33-15-8-6-4-5-7-14-32(2)29(34)18-26(30(35)36)22-10-13-28(37-20-23)27(33)17-22/h5,7,10-13,16-17,23,26H,3-4,6,8-9,14-15,18-20H2,1-2H3,(H,35,36)/b7-5+. The average molecular weight is 525 g/mol. The van der Waals surface area contributed by atoms with Crippen LogP contribution in [0.2, 0.25) is 5.02 Å². The van der Waals surface area contributed by atoms with Gasteiger partial charge in [-0.15, -0.1) is 0 Å². The normalized spacial score (nSPS) is 21.9. The predicted molar refractivity (Wildman–Crippen MR) is 148 cm³/mol. The van der Waals surface area contributed by atoms with Crippen molar-refractivity contribution in [3.05, 3.63) is 70.3 Å². The van der Waals surface area contributed by atoms with Crippen molar-refractivity contribution in [2.75, 3.05) is 38.2 Å². The SMILES string of the molecule is CCCc1cc(Cl)ccc1C1COc2ccc3cc2N(CCCC/C=C/CN(C)C(=O)CC3C(=O)O)C1. The third-order valence-corrected chi connectivity index (χ3v) is 7.60. The highest BCUT2D eigenvalue weighted by atomic mass is 35.5. The first kappa shape index (κ1) is 27.1. The highest BCUT2D eigenvalue weighted by Crippen LogP contribution is 2.39. The van der Waals surface area contributed by atoms with Gasteiger partial charge >= 0.3 is 5.97 Å². The summed E-state index contributed by atoms with van der Waals surface area (Å²) in [7, 11) is 1.72. The number of carbonyl (C=O) groups is 2. The molecule has 0 fully saturated rings. The van der Waals surface area contributed by atoms with Gasteiger partial charge in [-0.1, -0.05) is 49.2 Å². The lowest BCUT2D eigenvalue weighted by Crippen LogP contribution is -2.31. The van der Waals surface area contributed by atoms with Gasteiger partial charge in [0.05, 0.1) is 18.2 Å². The molecule has 2 aromatic carbocycles. The monoisotopic (exact) mass is 524 g/mol. The average Bonchev–Trinajstić information content (AvgIpc) is 3.05. The van der Waals surface area contributed by atoms with E-state index in [1.807, 2.05) is 24.3 Å². The number of nitrogens with zero attached hydrogens (tertiary/aromatic N) is 2. The Balaban J connectivity index is 1.71. The Morgan fingerprint density at radius 2 is 2.00 bits per heavy atom. The molecule has 1 amide bonds. The van der Waals surface area contributed by atoms with Crippen LogP contribution in [0.4, 0.5) is 5.69 Å². The fourth-order valence-corrected chi connectivity index (χ4v) is 5.48. The number of hydrogen-bond acceptors (Lipinski definition) is 4. The van der Waals surface area contributed by atoms with E-state index >= 15 is 0 Å². The Hall–Kier alpha value is -2.99. The van der Waals surface area contributed by atoms with Crippen molar-refractivity contribution in [1.82, 2.24) is 4.90 Å². The molecule has 0 aliphatic carbocycles. The predicted octanol–water partition coefficient (Wildman–Crippen LogP) is 6.03. The summed E-state index contributed by atoms with van der Waals surface area (Å²) >= 11 is 6.34. The van der Waals surface area contributed by atoms with E-state index in [1.165, 1.54) is 11.1 Å². The third-order valence-electron chi connectivity index (χ3n) is 7.37. The van der Waals surface area contributed by atoms with Crippen molar-refractivity contribution >= 4 is 29.2 Å². The van der Waals surface area contributed by atoms with Crippen LogP contribution in [-0.2, 0) is 16.0 Å². The van der Waals surface area contributed by atoms with Gasteiger partial charge < -0.3 is 19.6 Å². The number of benzene rings is 2. The number of anilines is 1. The molecule has 0 saturated heterocycles. The molecule has 2 atom stereocenters. The minimum Gasteiger partial charge on any atom is -0.491 e. The number of allylic oxidation sites excluding steroid dienone is 1. The number of hydrogen-bond donors (Lipinski definition) is 1. The second kappa shape index (κ2) is 12.5. The van der Waals surface area contributed by atoms with Gasteiger partial charge in [-0.2, -0.15) is 0 Å². The number of carbonyl (C=O) groups excluding carboxylic acids is 1. The highest BCUT2D eigenvalue weighted by molar-refractivity contribution is 6.30. The first-order chi connectivity index (χ1) is 17.9. The van der Waals surface area contributed by atoms with E-state index in [2.05, 4.69) is 30.0 Å². The minimum atomic E-state index is -0.995. The molecule has 2 unspecified atom stereocenters. The van der Waals surface area contributed by atoms with Crippen molar-refractivity contribution < 1.29 is 19.4 Å². The Morgan fingerprint density at radius 3 is 2.78 bits per heavy atom. The second-order valence-electron chi connectivity index (χ2n) is 10.1. The lowest BCUT2D eigenvalue weighted by molar-refractivity contribution is -0.142. The molecule has 2 aromatic rings. The minimum absolute atomic E-state index is 0.0763. The van der Waals surface area contributed by atoms with E-state index in [0.717, 1.165) is 61.7 Å². The molecule has 6 nitrogen and oxygen atoms in total. The lowest BCUT2D eigenvalue weighted by Gasteiger charge is -2.28. The summed E-state index contributed by atoms with van der Waals surface area (Å²) in [6, 6.07) is 11.8. The van der Waals surface area contributed by atoms with Crippen LogP contribution in [-0.4, -0.2) is 55.2 Å². The zero-order chi connectivity index (χ0) is 26.4. The van der Waals surface area contributed by atoms with Gasteiger partial charge in [0.1, 0.15) is 5.75 Å². The van der Waals surface area contributed by atoms with Crippen LogP contribution < -0.4 is 9.64 Å². The molecule has 4 rings (SSSR count). The summed E-state index contributed by atoms with van der Waals surface area (Å²) < 4.78 is 6.35. The van der Waals surface area contributed by atoms with Crippen molar-refractivity contribution in [3.8, 4) is 5.75 Å². The molecule has 0 radical (unpaired) electrons. The fourth-order valence-electron chi connectivity index (χ4n) is 5.28. The van der Waals surface area contributed by atoms with E-state index in [4.69, 9.17) is 16.3 Å². The zero-order valence-electron chi connectivity index (χ0n) is 21.8. The number of likely N-dealkylation sites (N-methyl/N-ethyl adjacent to an activating group) is 1. The topological polar surface area (TPSA) is 70.1 Å². The number of carboxylic acids is 1. The summed E-state index contributed by atoms with van der Waals surface area (Å²) in [5.41, 5.74) is 4.05. The van der Waals surface area contributed by atoms with Gasteiger partial charge in [0, 0.05) is 44.0 Å². The molecule has 2 aliphatic heterocycles. The Morgan fingerprint density at radius 1 is 1.16 bits per heavy atom. The number of carboxylic acid groups (broad SMARTS) is 1.